The predicted octanol–water partition coefficient (Wildman–Crippen LogP) is 4.31. The highest BCUT2D eigenvalue weighted by Gasteiger charge is 2.15. The fraction of sp³-hybridized carbons (Fsp3) is 0.0952. The van der Waals surface area contributed by atoms with Crippen molar-refractivity contribution in [2.24, 2.45) is 0 Å². The molecule has 9 heteroatoms. The number of anilines is 3. The highest BCUT2D eigenvalue weighted by Crippen LogP contribution is 2.29. The van der Waals surface area contributed by atoms with Crippen molar-refractivity contribution in [1.29, 1.82) is 0 Å². The first-order valence-electron chi connectivity index (χ1n) is 9.09. The molecule has 3 heterocycles. The van der Waals surface area contributed by atoms with E-state index in [1.165, 1.54) is 17.5 Å². The molecule has 1 amide bonds. The Morgan fingerprint density at radius 2 is 1.83 bits per heavy atom. The van der Waals surface area contributed by atoms with Crippen LogP contribution in [-0.2, 0) is 0 Å². The minimum atomic E-state index is -0.295. The largest absolute Gasteiger partial charge is 0.508 e. The molecular formula is C21H18N6O2S. The van der Waals surface area contributed by atoms with Crippen LogP contribution in [0.3, 0.4) is 0 Å². The van der Waals surface area contributed by atoms with Gasteiger partial charge >= 0.3 is 0 Å². The molecule has 0 bridgehead atoms. The van der Waals surface area contributed by atoms with Crippen LogP contribution in [0.4, 0.5) is 16.6 Å². The van der Waals surface area contributed by atoms with Crippen LogP contribution < -0.4 is 10.6 Å². The average Bonchev–Trinajstić information content (AvgIpc) is 3.23. The molecule has 0 radical (unpaired) electrons. The van der Waals surface area contributed by atoms with Crippen LogP contribution in [0.1, 0.15) is 20.8 Å². The van der Waals surface area contributed by atoms with Crippen molar-refractivity contribution in [1.82, 2.24) is 19.9 Å². The first-order valence-corrected chi connectivity index (χ1v) is 9.91. The zero-order valence-corrected chi connectivity index (χ0v) is 17.1. The number of rotatable bonds is 5. The number of aromatic nitrogens is 4. The van der Waals surface area contributed by atoms with E-state index in [2.05, 4.69) is 30.6 Å². The number of aryl methyl sites for hydroxylation is 1. The van der Waals surface area contributed by atoms with Crippen molar-refractivity contribution >= 4 is 33.9 Å². The van der Waals surface area contributed by atoms with Gasteiger partial charge in [0.15, 0.2) is 11.0 Å². The minimum absolute atomic E-state index is 0.135. The number of amides is 1. The topological polar surface area (TPSA) is 113 Å². The summed E-state index contributed by atoms with van der Waals surface area (Å²) in [4.78, 5) is 30.2. The summed E-state index contributed by atoms with van der Waals surface area (Å²) in [5, 5.41) is 16.4. The number of hydrogen-bond acceptors (Lipinski definition) is 8. The van der Waals surface area contributed by atoms with Gasteiger partial charge in [-0.15, -0.1) is 0 Å². The van der Waals surface area contributed by atoms with E-state index in [0.29, 0.717) is 38.6 Å². The number of thiazole rings is 1. The van der Waals surface area contributed by atoms with Gasteiger partial charge in [-0.2, -0.15) is 0 Å². The smallest absolute Gasteiger partial charge is 0.267 e. The van der Waals surface area contributed by atoms with E-state index in [9.17, 15) is 9.90 Å². The second kappa shape index (κ2) is 8.26. The maximum atomic E-state index is 12.7. The molecule has 8 nitrogen and oxygen atoms in total. The number of aromatic hydroxyl groups is 1. The zero-order chi connectivity index (χ0) is 21.1. The maximum Gasteiger partial charge on any atom is 0.267 e. The van der Waals surface area contributed by atoms with E-state index in [-0.39, 0.29) is 11.7 Å². The molecule has 150 valence electrons. The van der Waals surface area contributed by atoms with E-state index < -0.39 is 0 Å². The standard InChI is InChI=1S/C21H18N6O2S/c1-12-7-8-15(28)13(2)18(12)27-20(29)16-11-24-21(30-16)26-17-6-3-5-14(25-17)19-22-9-4-10-23-19/h3-11,28H,1-2H3,(H,27,29)(H,24,25,26). The lowest BCUT2D eigenvalue weighted by atomic mass is 10.1. The summed E-state index contributed by atoms with van der Waals surface area (Å²) in [7, 11) is 0. The summed E-state index contributed by atoms with van der Waals surface area (Å²) < 4.78 is 0. The molecule has 4 rings (SSSR count). The third kappa shape index (κ3) is 4.11. The van der Waals surface area contributed by atoms with Gasteiger partial charge in [0.25, 0.3) is 5.91 Å². The van der Waals surface area contributed by atoms with Crippen LogP contribution in [0.2, 0.25) is 0 Å². The van der Waals surface area contributed by atoms with Crippen LogP contribution in [0, 0.1) is 13.8 Å². The van der Waals surface area contributed by atoms with Crippen LogP contribution >= 0.6 is 11.3 Å². The summed E-state index contributed by atoms with van der Waals surface area (Å²) in [6, 6.07) is 10.6. The quantitative estimate of drug-likeness (QED) is 0.442. The van der Waals surface area contributed by atoms with Crippen molar-refractivity contribution < 1.29 is 9.90 Å². The van der Waals surface area contributed by atoms with Gasteiger partial charge in [-0.3, -0.25) is 4.79 Å². The molecule has 0 saturated carbocycles. The molecule has 0 aliphatic rings. The lowest BCUT2D eigenvalue weighted by Crippen LogP contribution is -2.12. The molecule has 0 aliphatic carbocycles. The highest BCUT2D eigenvalue weighted by molar-refractivity contribution is 7.17. The number of carbonyl (C=O) groups is 1. The summed E-state index contributed by atoms with van der Waals surface area (Å²) in [6.45, 7) is 3.63. The Bertz CT molecular complexity index is 1210. The van der Waals surface area contributed by atoms with E-state index in [4.69, 9.17) is 0 Å². The monoisotopic (exact) mass is 418 g/mol. The molecule has 3 N–H and O–H groups in total. The third-order valence-corrected chi connectivity index (χ3v) is 5.30. The molecular weight excluding hydrogens is 400 g/mol. The molecule has 0 saturated heterocycles. The fourth-order valence-electron chi connectivity index (χ4n) is 2.81. The Hall–Kier alpha value is -3.85. The summed E-state index contributed by atoms with van der Waals surface area (Å²) in [5.41, 5.74) is 2.71. The predicted molar refractivity (Wildman–Crippen MR) is 116 cm³/mol. The Morgan fingerprint density at radius 1 is 1.03 bits per heavy atom. The van der Waals surface area contributed by atoms with E-state index in [0.717, 1.165) is 5.56 Å². The van der Waals surface area contributed by atoms with Crippen LogP contribution in [0.15, 0.2) is 55.0 Å². The molecule has 0 aliphatic heterocycles. The lowest BCUT2D eigenvalue weighted by Gasteiger charge is -2.11. The van der Waals surface area contributed by atoms with E-state index >= 15 is 0 Å². The first-order chi connectivity index (χ1) is 14.5. The Labute approximate surface area is 176 Å². The van der Waals surface area contributed by atoms with Crippen molar-refractivity contribution in [2.45, 2.75) is 13.8 Å². The average molecular weight is 418 g/mol. The maximum absolute atomic E-state index is 12.7. The van der Waals surface area contributed by atoms with E-state index in [1.54, 1.807) is 43.6 Å². The van der Waals surface area contributed by atoms with Gasteiger partial charge in [-0.25, -0.2) is 19.9 Å². The van der Waals surface area contributed by atoms with Gasteiger partial charge in [-0.05, 0) is 43.7 Å². The Kier molecular flexibility index (Phi) is 5.36. The number of nitrogens with zero attached hydrogens (tertiary/aromatic N) is 4. The van der Waals surface area contributed by atoms with Gasteiger partial charge in [0.1, 0.15) is 22.1 Å². The molecule has 4 aromatic rings. The van der Waals surface area contributed by atoms with Crippen LogP contribution in [0.25, 0.3) is 11.5 Å². The Balaban J connectivity index is 1.50. The van der Waals surface area contributed by atoms with Crippen molar-refractivity contribution in [3.05, 3.63) is 71.0 Å². The SMILES string of the molecule is Cc1ccc(O)c(C)c1NC(=O)c1cnc(Nc2cccc(-c3ncccn3)n2)s1. The third-order valence-electron chi connectivity index (χ3n) is 4.39. The number of pyridine rings is 1. The molecule has 1 aromatic carbocycles. The molecule has 0 atom stereocenters. The van der Waals surface area contributed by atoms with Gasteiger partial charge in [0.2, 0.25) is 0 Å². The fourth-order valence-corrected chi connectivity index (χ4v) is 3.53. The first kappa shape index (κ1) is 19.5. The van der Waals surface area contributed by atoms with Crippen molar-refractivity contribution in [3.63, 3.8) is 0 Å². The number of nitrogens with one attached hydrogen (secondary N) is 2. The van der Waals surface area contributed by atoms with E-state index in [1.807, 2.05) is 19.1 Å². The molecule has 3 aromatic heterocycles. The summed E-state index contributed by atoms with van der Waals surface area (Å²) in [5.74, 6) is 0.936. The summed E-state index contributed by atoms with van der Waals surface area (Å²) >= 11 is 1.20. The van der Waals surface area contributed by atoms with Gasteiger partial charge < -0.3 is 15.7 Å². The molecule has 0 fully saturated rings. The number of hydrogen-bond donors (Lipinski definition) is 3. The number of carbonyl (C=O) groups excluding carboxylic acids is 1. The normalized spacial score (nSPS) is 10.6. The zero-order valence-electron chi connectivity index (χ0n) is 16.2. The van der Waals surface area contributed by atoms with Gasteiger partial charge in [0, 0.05) is 18.0 Å². The Morgan fingerprint density at radius 3 is 2.63 bits per heavy atom. The second-order valence-electron chi connectivity index (χ2n) is 6.49. The van der Waals surface area contributed by atoms with Crippen LogP contribution in [0.5, 0.6) is 5.75 Å². The number of benzene rings is 1. The van der Waals surface area contributed by atoms with Crippen molar-refractivity contribution in [2.75, 3.05) is 10.6 Å². The van der Waals surface area contributed by atoms with Gasteiger partial charge in [-0.1, -0.05) is 23.5 Å². The summed E-state index contributed by atoms with van der Waals surface area (Å²) in [6.07, 6.45) is 4.82. The second-order valence-corrected chi connectivity index (χ2v) is 7.52. The molecule has 0 spiro atoms. The number of phenols is 1. The minimum Gasteiger partial charge on any atom is -0.508 e. The van der Waals surface area contributed by atoms with Crippen LogP contribution in [-0.4, -0.2) is 30.9 Å². The highest BCUT2D eigenvalue weighted by atomic mass is 32.1. The molecule has 30 heavy (non-hydrogen) atoms. The van der Waals surface area contributed by atoms with Gasteiger partial charge in [0.05, 0.1) is 11.9 Å². The molecule has 0 unspecified atom stereocenters. The number of phenolic OH excluding ortho intramolecular Hbond substituents is 1. The lowest BCUT2D eigenvalue weighted by molar-refractivity contribution is 0.103. The van der Waals surface area contributed by atoms with Crippen molar-refractivity contribution in [3.8, 4) is 17.3 Å².